The number of hydrogen-bond acceptors (Lipinski definition) is 2. The SMILES string of the molecule is CCCCCC(C)NCc1ccc(C(=O)O)cc1Br. The van der Waals surface area contributed by atoms with Crippen LogP contribution in [0.2, 0.25) is 0 Å². The summed E-state index contributed by atoms with van der Waals surface area (Å²) in [6, 6.07) is 5.64. The lowest BCUT2D eigenvalue weighted by Crippen LogP contribution is -2.25. The van der Waals surface area contributed by atoms with Crippen molar-refractivity contribution in [2.24, 2.45) is 0 Å². The Hall–Kier alpha value is -0.870. The number of carboxylic acids is 1. The standard InChI is InChI=1S/C15H22BrNO2/c1-3-4-5-6-11(2)17-10-13-8-7-12(15(18)19)9-14(13)16/h7-9,11,17H,3-6,10H2,1-2H3,(H,18,19). The second-order valence-corrected chi connectivity index (χ2v) is 5.74. The Labute approximate surface area is 123 Å². The van der Waals surface area contributed by atoms with Crippen molar-refractivity contribution in [2.45, 2.75) is 52.1 Å². The Bertz CT molecular complexity index is 421. The molecule has 1 unspecified atom stereocenters. The minimum absolute atomic E-state index is 0.312. The van der Waals surface area contributed by atoms with Crippen molar-refractivity contribution in [3.63, 3.8) is 0 Å². The highest BCUT2D eigenvalue weighted by atomic mass is 79.9. The summed E-state index contributed by atoms with van der Waals surface area (Å²) in [5.74, 6) is -0.895. The number of nitrogens with one attached hydrogen (secondary N) is 1. The van der Waals surface area contributed by atoms with Crippen molar-refractivity contribution in [2.75, 3.05) is 0 Å². The Morgan fingerprint density at radius 3 is 2.74 bits per heavy atom. The third-order valence-electron chi connectivity index (χ3n) is 3.18. The molecule has 0 aromatic heterocycles. The van der Waals surface area contributed by atoms with Crippen LogP contribution in [0.3, 0.4) is 0 Å². The zero-order chi connectivity index (χ0) is 14.3. The lowest BCUT2D eigenvalue weighted by molar-refractivity contribution is 0.0697. The molecule has 0 fully saturated rings. The van der Waals surface area contributed by atoms with E-state index in [-0.39, 0.29) is 0 Å². The van der Waals surface area contributed by atoms with Crippen LogP contribution in [0.1, 0.15) is 55.5 Å². The molecular weight excluding hydrogens is 306 g/mol. The van der Waals surface area contributed by atoms with Gasteiger partial charge in [0.15, 0.2) is 0 Å². The van der Waals surface area contributed by atoms with Crippen LogP contribution in [0.25, 0.3) is 0 Å². The number of carbonyl (C=O) groups is 1. The van der Waals surface area contributed by atoms with Crippen molar-refractivity contribution in [1.82, 2.24) is 5.32 Å². The summed E-state index contributed by atoms with van der Waals surface area (Å²) in [7, 11) is 0. The van der Waals surface area contributed by atoms with Gasteiger partial charge < -0.3 is 10.4 Å². The van der Waals surface area contributed by atoms with Crippen LogP contribution in [0.15, 0.2) is 22.7 Å². The highest BCUT2D eigenvalue weighted by Gasteiger charge is 2.07. The van der Waals surface area contributed by atoms with Crippen molar-refractivity contribution in [3.8, 4) is 0 Å². The van der Waals surface area contributed by atoms with Gasteiger partial charge in [0.05, 0.1) is 5.56 Å². The number of carboxylic acid groups (broad SMARTS) is 1. The van der Waals surface area contributed by atoms with Crippen molar-refractivity contribution in [1.29, 1.82) is 0 Å². The smallest absolute Gasteiger partial charge is 0.335 e. The van der Waals surface area contributed by atoms with Crippen LogP contribution < -0.4 is 5.32 Å². The quantitative estimate of drug-likeness (QED) is 0.703. The topological polar surface area (TPSA) is 49.3 Å². The van der Waals surface area contributed by atoms with Gasteiger partial charge in [0.2, 0.25) is 0 Å². The van der Waals surface area contributed by atoms with Crippen LogP contribution in [0, 0.1) is 0 Å². The number of hydrogen-bond donors (Lipinski definition) is 2. The highest BCUT2D eigenvalue weighted by molar-refractivity contribution is 9.10. The molecule has 2 N–H and O–H groups in total. The highest BCUT2D eigenvalue weighted by Crippen LogP contribution is 2.19. The van der Waals surface area contributed by atoms with E-state index < -0.39 is 5.97 Å². The van der Waals surface area contributed by atoms with Gasteiger partial charge in [0, 0.05) is 17.1 Å². The summed E-state index contributed by atoms with van der Waals surface area (Å²) in [6.07, 6.45) is 4.96. The van der Waals surface area contributed by atoms with Gasteiger partial charge in [-0.1, -0.05) is 48.2 Å². The van der Waals surface area contributed by atoms with Gasteiger partial charge in [-0.2, -0.15) is 0 Å². The van der Waals surface area contributed by atoms with E-state index >= 15 is 0 Å². The van der Waals surface area contributed by atoms with Gasteiger partial charge in [-0.25, -0.2) is 4.79 Å². The Kier molecular flexibility index (Phi) is 7.10. The summed E-state index contributed by atoms with van der Waals surface area (Å²) < 4.78 is 0.848. The monoisotopic (exact) mass is 327 g/mol. The Balaban J connectivity index is 2.47. The average Bonchev–Trinajstić information content (AvgIpc) is 2.37. The molecule has 0 saturated heterocycles. The lowest BCUT2D eigenvalue weighted by atomic mass is 10.1. The normalized spacial score (nSPS) is 12.4. The van der Waals surface area contributed by atoms with E-state index in [0.29, 0.717) is 11.6 Å². The Morgan fingerprint density at radius 2 is 2.16 bits per heavy atom. The molecule has 1 atom stereocenters. The zero-order valence-corrected chi connectivity index (χ0v) is 13.2. The predicted molar refractivity (Wildman–Crippen MR) is 81.5 cm³/mol. The third-order valence-corrected chi connectivity index (χ3v) is 3.92. The molecular formula is C15H22BrNO2. The van der Waals surface area contributed by atoms with Gasteiger partial charge in [0.1, 0.15) is 0 Å². The number of aromatic carboxylic acids is 1. The summed E-state index contributed by atoms with van der Waals surface area (Å²) in [5, 5.41) is 12.4. The summed E-state index contributed by atoms with van der Waals surface area (Å²) >= 11 is 3.43. The van der Waals surface area contributed by atoms with Crippen molar-refractivity contribution in [3.05, 3.63) is 33.8 Å². The predicted octanol–water partition coefficient (Wildman–Crippen LogP) is 4.21. The van der Waals surface area contributed by atoms with E-state index in [1.165, 1.54) is 25.7 Å². The maximum absolute atomic E-state index is 10.8. The van der Waals surface area contributed by atoms with E-state index in [1.807, 2.05) is 6.07 Å². The molecule has 1 aromatic carbocycles. The number of halogens is 1. The maximum Gasteiger partial charge on any atom is 0.335 e. The van der Waals surface area contributed by atoms with Gasteiger partial charge in [0.25, 0.3) is 0 Å². The molecule has 106 valence electrons. The molecule has 4 heteroatoms. The Morgan fingerprint density at radius 1 is 1.42 bits per heavy atom. The summed E-state index contributed by atoms with van der Waals surface area (Å²) in [4.78, 5) is 10.8. The van der Waals surface area contributed by atoms with Gasteiger partial charge in [-0.3, -0.25) is 0 Å². The van der Waals surface area contributed by atoms with E-state index in [4.69, 9.17) is 5.11 Å². The molecule has 0 bridgehead atoms. The molecule has 0 saturated carbocycles. The van der Waals surface area contributed by atoms with E-state index in [1.54, 1.807) is 12.1 Å². The second-order valence-electron chi connectivity index (χ2n) is 4.89. The molecule has 0 radical (unpaired) electrons. The molecule has 3 nitrogen and oxygen atoms in total. The second kappa shape index (κ2) is 8.33. The summed E-state index contributed by atoms with van der Waals surface area (Å²) in [6.45, 7) is 5.15. The van der Waals surface area contributed by atoms with Crippen LogP contribution in [-0.2, 0) is 6.54 Å². The minimum Gasteiger partial charge on any atom is -0.478 e. The minimum atomic E-state index is -0.895. The first-order valence-electron chi connectivity index (χ1n) is 6.79. The molecule has 1 rings (SSSR count). The van der Waals surface area contributed by atoms with Crippen LogP contribution in [0.5, 0.6) is 0 Å². The van der Waals surface area contributed by atoms with Gasteiger partial charge in [-0.15, -0.1) is 0 Å². The first-order chi connectivity index (χ1) is 9.04. The zero-order valence-electron chi connectivity index (χ0n) is 11.6. The molecule has 19 heavy (non-hydrogen) atoms. The molecule has 0 heterocycles. The van der Waals surface area contributed by atoms with Crippen LogP contribution in [0.4, 0.5) is 0 Å². The molecule has 0 aliphatic rings. The molecule has 0 amide bonds. The largest absolute Gasteiger partial charge is 0.478 e. The fourth-order valence-electron chi connectivity index (χ4n) is 1.91. The van der Waals surface area contributed by atoms with Crippen LogP contribution in [-0.4, -0.2) is 17.1 Å². The number of benzene rings is 1. The van der Waals surface area contributed by atoms with E-state index in [9.17, 15) is 4.79 Å². The lowest BCUT2D eigenvalue weighted by Gasteiger charge is -2.14. The van der Waals surface area contributed by atoms with Gasteiger partial charge in [-0.05, 0) is 31.0 Å². The molecule has 0 spiro atoms. The summed E-state index contributed by atoms with van der Waals surface area (Å²) in [5.41, 5.74) is 1.40. The fourth-order valence-corrected chi connectivity index (χ4v) is 2.43. The average molecular weight is 328 g/mol. The van der Waals surface area contributed by atoms with Crippen molar-refractivity contribution >= 4 is 21.9 Å². The number of rotatable bonds is 8. The van der Waals surface area contributed by atoms with E-state index in [0.717, 1.165) is 16.6 Å². The maximum atomic E-state index is 10.8. The third kappa shape index (κ3) is 5.74. The van der Waals surface area contributed by atoms with Gasteiger partial charge >= 0.3 is 5.97 Å². The molecule has 1 aromatic rings. The first kappa shape index (κ1) is 16.2. The van der Waals surface area contributed by atoms with Crippen LogP contribution >= 0.6 is 15.9 Å². The molecule has 0 aliphatic heterocycles. The van der Waals surface area contributed by atoms with E-state index in [2.05, 4.69) is 35.1 Å². The molecule has 0 aliphatic carbocycles. The fraction of sp³-hybridized carbons (Fsp3) is 0.533. The number of unbranched alkanes of at least 4 members (excludes halogenated alkanes) is 2. The van der Waals surface area contributed by atoms with Crippen molar-refractivity contribution < 1.29 is 9.90 Å². The first-order valence-corrected chi connectivity index (χ1v) is 7.59.